The van der Waals surface area contributed by atoms with Gasteiger partial charge in [0.05, 0.1) is 0 Å². The maximum absolute atomic E-state index is 10.2. The van der Waals surface area contributed by atoms with E-state index in [1.54, 1.807) is 12.3 Å². The summed E-state index contributed by atoms with van der Waals surface area (Å²) in [6.07, 6.45) is 7.62. The molecule has 1 aromatic carbocycles. The van der Waals surface area contributed by atoms with E-state index >= 15 is 0 Å². The van der Waals surface area contributed by atoms with Gasteiger partial charge in [0.25, 0.3) is 0 Å². The van der Waals surface area contributed by atoms with Gasteiger partial charge in [0, 0.05) is 18.0 Å². The second kappa shape index (κ2) is 5.03. The van der Waals surface area contributed by atoms with Crippen LogP contribution in [0.2, 0.25) is 0 Å². The zero-order valence-corrected chi connectivity index (χ0v) is 8.71. The van der Waals surface area contributed by atoms with Crippen LogP contribution in [0, 0.1) is 0 Å². The van der Waals surface area contributed by atoms with Gasteiger partial charge in [-0.3, -0.25) is 9.78 Å². The van der Waals surface area contributed by atoms with Crippen LogP contribution in [0.3, 0.4) is 0 Å². The number of allylic oxidation sites excluding steroid dienone is 1. The first-order valence-corrected chi connectivity index (χ1v) is 5.02. The van der Waals surface area contributed by atoms with E-state index in [9.17, 15) is 4.79 Å². The van der Waals surface area contributed by atoms with Gasteiger partial charge in [0.15, 0.2) is 0 Å². The zero-order valence-electron chi connectivity index (χ0n) is 8.71. The van der Waals surface area contributed by atoms with Crippen LogP contribution in [0.1, 0.15) is 5.56 Å². The topological polar surface area (TPSA) is 30.0 Å². The molecule has 2 nitrogen and oxygen atoms in total. The number of carbonyl (C=O) groups is 1. The van der Waals surface area contributed by atoms with Crippen molar-refractivity contribution in [2.45, 2.75) is 0 Å². The molecule has 0 amide bonds. The lowest BCUT2D eigenvalue weighted by Gasteiger charge is -2.01. The Balaban J connectivity index is 2.36. The number of carbonyl (C=O) groups excluding carboxylic acids is 1. The van der Waals surface area contributed by atoms with Crippen molar-refractivity contribution in [1.82, 2.24) is 4.98 Å². The number of nitrogens with zero attached hydrogens (tertiary/aromatic N) is 1. The van der Waals surface area contributed by atoms with Crippen molar-refractivity contribution in [3.63, 3.8) is 0 Å². The van der Waals surface area contributed by atoms with Gasteiger partial charge in [-0.25, -0.2) is 0 Å². The van der Waals surface area contributed by atoms with Gasteiger partial charge in [-0.05, 0) is 29.3 Å². The third kappa shape index (κ3) is 2.42. The number of hydrogen-bond acceptors (Lipinski definition) is 2. The average Bonchev–Trinajstić information content (AvgIpc) is 2.38. The maximum atomic E-state index is 10.2. The average molecular weight is 209 g/mol. The zero-order chi connectivity index (χ0) is 11.2. The summed E-state index contributed by atoms with van der Waals surface area (Å²) in [5.74, 6) is 0. The summed E-state index contributed by atoms with van der Waals surface area (Å²) in [6.45, 7) is 0. The van der Waals surface area contributed by atoms with E-state index in [-0.39, 0.29) is 0 Å². The predicted molar refractivity (Wildman–Crippen MR) is 64.8 cm³/mol. The summed E-state index contributed by atoms with van der Waals surface area (Å²) in [6, 6.07) is 11.9. The van der Waals surface area contributed by atoms with Crippen LogP contribution >= 0.6 is 0 Å². The van der Waals surface area contributed by atoms with E-state index in [0.717, 1.165) is 23.0 Å². The number of rotatable bonds is 3. The highest BCUT2D eigenvalue weighted by atomic mass is 16.1. The van der Waals surface area contributed by atoms with Crippen molar-refractivity contribution < 1.29 is 4.79 Å². The van der Waals surface area contributed by atoms with E-state index in [2.05, 4.69) is 4.98 Å². The van der Waals surface area contributed by atoms with Gasteiger partial charge >= 0.3 is 0 Å². The molecule has 2 rings (SSSR count). The second-order valence-corrected chi connectivity index (χ2v) is 3.36. The highest BCUT2D eigenvalue weighted by Crippen LogP contribution is 2.19. The number of hydrogen-bond donors (Lipinski definition) is 0. The lowest BCUT2D eigenvalue weighted by molar-refractivity contribution is -0.104. The van der Waals surface area contributed by atoms with Crippen LogP contribution in [-0.4, -0.2) is 11.3 Å². The van der Waals surface area contributed by atoms with Gasteiger partial charge in [-0.15, -0.1) is 0 Å². The van der Waals surface area contributed by atoms with Crippen LogP contribution in [0.25, 0.3) is 17.2 Å². The summed E-state index contributed by atoms with van der Waals surface area (Å²) < 4.78 is 0. The van der Waals surface area contributed by atoms with Crippen molar-refractivity contribution in [1.29, 1.82) is 0 Å². The Hall–Kier alpha value is -2.22. The second-order valence-electron chi connectivity index (χ2n) is 3.36. The van der Waals surface area contributed by atoms with Gasteiger partial charge in [0.1, 0.15) is 6.29 Å². The first kappa shape index (κ1) is 10.3. The minimum absolute atomic E-state index is 0.775. The molecular formula is C14H11NO. The fourth-order valence-corrected chi connectivity index (χ4v) is 1.51. The standard InChI is InChI=1S/C14H11NO/c16-9-3-5-12-4-1-6-13(10-12)14-7-2-8-15-11-14/h1-11H/b5-3+. The molecule has 0 radical (unpaired) electrons. The van der Waals surface area contributed by atoms with Gasteiger partial charge in [-0.2, -0.15) is 0 Å². The Morgan fingerprint density at radius 2 is 1.94 bits per heavy atom. The molecule has 0 fully saturated rings. The van der Waals surface area contributed by atoms with E-state index in [1.807, 2.05) is 42.6 Å². The Kier molecular flexibility index (Phi) is 3.24. The molecule has 0 spiro atoms. The Bertz CT molecular complexity index is 503. The van der Waals surface area contributed by atoms with Gasteiger partial charge in [-0.1, -0.05) is 30.3 Å². The van der Waals surface area contributed by atoms with Crippen LogP contribution in [0.4, 0.5) is 0 Å². The summed E-state index contributed by atoms with van der Waals surface area (Å²) in [5, 5.41) is 0. The van der Waals surface area contributed by atoms with Crippen molar-refractivity contribution in [3.8, 4) is 11.1 Å². The van der Waals surface area contributed by atoms with Crippen LogP contribution in [-0.2, 0) is 4.79 Å². The van der Waals surface area contributed by atoms with E-state index in [1.165, 1.54) is 6.08 Å². The molecule has 0 bridgehead atoms. The Morgan fingerprint density at radius 3 is 2.69 bits per heavy atom. The predicted octanol–water partition coefficient (Wildman–Crippen LogP) is 2.96. The van der Waals surface area contributed by atoms with E-state index < -0.39 is 0 Å². The molecule has 1 aromatic heterocycles. The van der Waals surface area contributed by atoms with Crippen molar-refractivity contribution in [2.75, 3.05) is 0 Å². The van der Waals surface area contributed by atoms with Gasteiger partial charge < -0.3 is 0 Å². The molecule has 1 heterocycles. The molecule has 78 valence electrons. The number of benzene rings is 1. The summed E-state index contributed by atoms with van der Waals surface area (Å²) in [5.41, 5.74) is 3.18. The number of aldehydes is 1. The summed E-state index contributed by atoms with van der Waals surface area (Å²) >= 11 is 0. The Labute approximate surface area is 94.3 Å². The highest BCUT2D eigenvalue weighted by molar-refractivity contribution is 5.75. The van der Waals surface area contributed by atoms with Crippen molar-refractivity contribution in [3.05, 3.63) is 60.4 Å². The lowest BCUT2D eigenvalue weighted by Crippen LogP contribution is -1.80. The van der Waals surface area contributed by atoms with E-state index in [4.69, 9.17) is 0 Å². The maximum Gasteiger partial charge on any atom is 0.142 e. The smallest absolute Gasteiger partial charge is 0.142 e. The molecule has 0 aliphatic heterocycles. The molecule has 0 atom stereocenters. The SMILES string of the molecule is O=C/C=C/c1cccc(-c2cccnc2)c1. The van der Waals surface area contributed by atoms with Crippen molar-refractivity contribution >= 4 is 12.4 Å². The third-order valence-corrected chi connectivity index (χ3v) is 2.25. The van der Waals surface area contributed by atoms with Crippen molar-refractivity contribution in [2.24, 2.45) is 0 Å². The highest BCUT2D eigenvalue weighted by Gasteiger charge is 1.96. The molecule has 0 saturated heterocycles. The number of aromatic nitrogens is 1. The molecule has 0 aliphatic rings. The Morgan fingerprint density at radius 1 is 1.06 bits per heavy atom. The van der Waals surface area contributed by atoms with Gasteiger partial charge in [0.2, 0.25) is 0 Å². The first-order valence-electron chi connectivity index (χ1n) is 5.02. The van der Waals surface area contributed by atoms with Crippen LogP contribution < -0.4 is 0 Å². The normalized spacial score (nSPS) is 10.5. The molecule has 2 heteroatoms. The molecule has 0 unspecified atom stereocenters. The molecule has 0 N–H and O–H groups in total. The monoisotopic (exact) mass is 209 g/mol. The molecule has 0 aliphatic carbocycles. The minimum Gasteiger partial charge on any atom is -0.299 e. The largest absolute Gasteiger partial charge is 0.299 e. The van der Waals surface area contributed by atoms with Crippen LogP contribution in [0.15, 0.2) is 54.9 Å². The molecule has 2 aromatic rings. The van der Waals surface area contributed by atoms with E-state index in [0.29, 0.717) is 0 Å². The first-order chi connectivity index (χ1) is 7.90. The van der Waals surface area contributed by atoms with Crippen LogP contribution in [0.5, 0.6) is 0 Å². The summed E-state index contributed by atoms with van der Waals surface area (Å²) in [7, 11) is 0. The fourth-order valence-electron chi connectivity index (χ4n) is 1.51. The quantitative estimate of drug-likeness (QED) is 0.574. The molecular weight excluding hydrogens is 198 g/mol. The number of pyridine rings is 1. The lowest BCUT2D eigenvalue weighted by atomic mass is 10.0. The molecule has 0 saturated carbocycles. The third-order valence-electron chi connectivity index (χ3n) is 2.25. The summed E-state index contributed by atoms with van der Waals surface area (Å²) in [4.78, 5) is 14.3. The minimum atomic E-state index is 0.775. The molecule has 16 heavy (non-hydrogen) atoms. The fraction of sp³-hybridized carbons (Fsp3) is 0.